The Hall–Kier alpha value is -5.08. The second-order valence-electron chi connectivity index (χ2n) is 11.0. The van der Waals surface area contributed by atoms with Gasteiger partial charge >= 0.3 is 0 Å². The average Bonchev–Trinajstić information content (AvgIpc) is 3.32. The molecule has 41 heavy (non-hydrogen) atoms. The van der Waals surface area contributed by atoms with E-state index in [9.17, 15) is 0 Å². The van der Waals surface area contributed by atoms with E-state index in [0.717, 1.165) is 0 Å². The molecule has 8 rings (SSSR count). The van der Waals surface area contributed by atoms with Crippen molar-refractivity contribution in [1.29, 1.82) is 0 Å². The molecule has 196 valence electrons. The van der Waals surface area contributed by atoms with Crippen LogP contribution >= 0.6 is 0 Å². The maximum atomic E-state index is 2.51. The highest BCUT2D eigenvalue weighted by molar-refractivity contribution is 6.04. The van der Waals surface area contributed by atoms with Gasteiger partial charge in [-0.3, -0.25) is 0 Å². The number of anilines is 4. The number of nitrogens with zero attached hydrogens (tertiary/aromatic N) is 2. The van der Waals surface area contributed by atoms with Gasteiger partial charge in [-0.05, 0) is 100 Å². The second-order valence-corrected chi connectivity index (χ2v) is 11.0. The number of hydrogen-bond acceptors (Lipinski definition) is 2. The first kappa shape index (κ1) is 23.8. The molecular weight excluding hydrogens is 496 g/mol. The van der Waals surface area contributed by atoms with E-state index in [0.29, 0.717) is 0 Å². The molecule has 0 amide bonds. The molecule has 0 saturated heterocycles. The van der Waals surface area contributed by atoms with Gasteiger partial charge < -0.3 is 9.80 Å². The molecule has 2 heteroatoms. The average molecular weight is 527 g/mol. The van der Waals surface area contributed by atoms with Crippen molar-refractivity contribution in [3.05, 3.63) is 145 Å². The molecule has 0 aromatic heterocycles. The highest BCUT2D eigenvalue weighted by Crippen LogP contribution is 2.52. The van der Waals surface area contributed by atoms with Gasteiger partial charge in [0.2, 0.25) is 0 Å². The van der Waals surface area contributed by atoms with E-state index in [1.54, 1.807) is 0 Å². The van der Waals surface area contributed by atoms with Gasteiger partial charge in [-0.2, -0.15) is 0 Å². The Morgan fingerprint density at radius 3 is 1.29 bits per heavy atom. The molecule has 1 aliphatic heterocycles. The Balaban J connectivity index is 1.40. The molecule has 2 aliphatic rings. The van der Waals surface area contributed by atoms with Crippen molar-refractivity contribution < 1.29 is 0 Å². The van der Waals surface area contributed by atoms with Crippen LogP contribution in [0.25, 0.3) is 44.5 Å². The van der Waals surface area contributed by atoms with E-state index in [2.05, 4.69) is 163 Å². The van der Waals surface area contributed by atoms with Crippen molar-refractivity contribution in [1.82, 2.24) is 0 Å². The first-order valence-electron chi connectivity index (χ1n) is 14.4. The first-order valence-corrected chi connectivity index (χ1v) is 14.4. The molecule has 0 fully saturated rings. The van der Waals surface area contributed by atoms with Crippen LogP contribution < -0.4 is 9.80 Å². The fraction of sp³-hybridized carbons (Fsp3) is 0.0769. The van der Waals surface area contributed by atoms with Gasteiger partial charge in [0.25, 0.3) is 0 Å². The van der Waals surface area contributed by atoms with Crippen LogP contribution in [0.3, 0.4) is 0 Å². The summed E-state index contributed by atoms with van der Waals surface area (Å²) in [5.74, 6) is 0. The zero-order valence-corrected chi connectivity index (χ0v) is 23.3. The van der Waals surface area contributed by atoms with Gasteiger partial charge in [-0.1, -0.05) is 103 Å². The monoisotopic (exact) mass is 526 g/mol. The van der Waals surface area contributed by atoms with Crippen LogP contribution in [-0.4, -0.2) is 6.17 Å². The summed E-state index contributed by atoms with van der Waals surface area (Å²) < 4.78 is 0. The third-order valence-electron chi connectivity index (χ3n) is 8.72. The third kappa shape index (κ3) is 3.57. The third-order valence-corrected chi connectivity index (χ3v) is 8.72. The fourth-order valence-corrected chi connectivity index (χ4v) is 6.92. The Labute approximate surface area is 241 Å². The van der Waals surface area contributed by atoms with E-state index in [-0.39, 0.29) is 6.17 Å². The minimum Gasteiger partial charge on any atom is -0.319 e. The number of rotatable bonds is 2. The minimum atomic E-state index is 0.114. The van der Waals surface area contributed by atoms with Crippen LogP contribution in [0.2, 0.25) is 0 Å². The summed E-state index contributed by atoms with van der Waals surface area (Å²) in [6, 6.07) is 51.0. The summed E-state index contributed by atoms with van der Waals surface area (Å²) in [4.78, 5) is 4.96. The van der Waals surface area contributed by atoms with Crippen molar-refractivity contribution in [2.75, 3.05) is 9.80 Å². The lowest BCUT2D eigenvalue weighted by atomic mass is 9.80. The number of benzene rings is 6. The molecule has 0 radical (unpaired) electrons. The zero-order chi connectivity index (χ0) is 27.5. The van der Waals surface area contributed by atoms with Crippen molar-refractivity contribution in [3.8, 4) is 44.5 Å². The lowest BCUT2D eigenvalue weighted by molar-refractivity contribution is 0.759. The maximum Gasteiger partial charge on any atom is 0.108 e. The summed E-state index contributed by atoms with van der Waals surface area (Å²) in [6.07, 6.45) is 0.114. The zero-order valence-electron chi connectivity index (χ0n) is 23.3. The van der Waals surface area contributed by atoms with Crippen LogP contribution in [-0.2, 0) is 0 Å². The number of aryl methyl sites for hydroxylation is 1. The van der Waals surface area contributed by atoms with Gasteiger partial charge in [-0.25, -0.2) is 0 Å². The number of para-hydroxylation sites is 3. The molecule has 0 unspecified atom stereocenters. The molecule has 2 nitrogen and oxygen atoms in total. The summed E-state index contributed by atoms with van der Waals surface area (Å²) in [5, 5.41) is 0. The largest absolute Gasteiger partial charge is 0.319 e. The lowest BCUT2D eigenvalue weighted by Crippen LogP contribution is -2.35. The molecule has 6 aromatic carbocycles. The Morgan fingerprint density at radius 1 is 0.390 bits per heavy atom. The standard InChI is InChI=1S/C39H30N2/c1-26-24-35-33-20-10-8-18-31(33)29-16-6-7-17-30(29)32-19-9-11-21-34(32)36(35)25-39(26)41-27(2)40(28-14-4-3-5-15-28)37-22-12-13-23-38(37)41/h3-25,27H,1-2H3/t27-/m0/s1. The SMILES string of the molecule is Cc1cc2c(cc1N1c3ccccc3N(c3ccccc3)[C@@H]1C)-c1ccccc1-c1ccccc1-c1ccccc1-2. The fourth-order valence-electron chi connectivity index (χ4n) is 6.92. The summed E-state index contributed by atoms with van der Waals surface area (Å²) in [7, 11) is 0. The second kappa shape index (κ2) is 9.25. The van der Waals surface area contributed by atoms with E-state index in [1.165, 1.54) is 72.8 Å². The molecule has 1 aliphatic carbocycles. The predicted octanol–water partition coefficient (Wildman–Crippen LogP) is 10.6. The van der Waals surface area contributed by atoms with Gasteiger partial charge in [0.15, 0.2) is 0 Å². The normalized spacial score (nSPS) is 14.7. The highest BCUT2D eigenvalue weighted by atomic mass is 15.4. The summed E-state index contributed by atoms with van der Waals surface area (Å²) in [6.45, 7) is 4.57. The molecule has 1 heterocycles. The van der Waals surface area contributed by atoms with Crippen LogP contribution in [0.4, 0.5) is 22.7 Å². The summed E-state index contributed by atoms with van der Waals surface area (Å²) in [5.41, 5.74) is 16.4. The first-order chi connectivity index (χ1) is 20.2. The van der Waals surface area contributed by atoms with E-state index in [4.69, 9.17) is 0 Å². The smallest absolute Gasteiger partial charge is 0.108 e. The van der Waals surface area contributed by atoms with Crippen molar-refractivity contribution in [3.63, 3.8) is 0 Å². The number of fused-ring (bicyclic) bond motifs is 9. The van der Waals surface area contributed by atoms with Gasteiger partial charge in [-0.15, -0.1) is 0 Å². The summed E-state index contributed by atoms with van der Waals surface area (Å²) >= 11 is 0. The highest BCUT2D eigenvalue weighted by Gasteiger charge is 2.36. The molecule has 0 N–H and O–H groups in total. The van der Waals surface area contributed by atoms with Gasteiger partial charge in [0.05, 0.1) is 11.4 Å². The van der Waals surface area contributed by atoms with Crippen LogP contribution in [0, 0.1) is 6.92 Å². The predicted molar refractivity (Wildman–Crippen MR) is 173 cm³/mol. The van der Waals surface area contributed by atoms with Crippen molar-refractivity contribution in [2.24, 2.45) is 0 Å². The van der Waals surface area contributed by atoms with Crippen LogP contribution in [0.1, 0.15) is 12.5 Å². The molecule has 1 atom stereocenters. The maximum absolute atomic E-state index is 2.51. The van der Waals surface area contributed by atoms with Gasteiger partial charge in [0.1, 0.15) is 6.17 Å². The molecule has 0 bridgehead atoms. The number of hydrogen-bond donors (Lipinski definition) is 0. The van der Waals surface area contributed by atoms with Crippen LogP contribution in [0.5, 0.6) is 0 Å². The van der Waals surface area contributed by atoms with E-state index < -0.39 is 0 Å². The quantitative estimate of drug-likeness (QED) is 0.221. The molecule has 6 aromatic rings. The van der Waals surface area contributed by atoms with E-state index in [1.807, 2.05) is 0 Å². The van der Waals surface area contributed by atoms with Crippen LogP contribution in [0.15, 0.2) is 140 Å². The van der Waals surface area contributed by atoms with Gasteiger partial charge in [0, 0.05) is 11.4 Å². The minimum absolute atomic E-state index is 0.114. The Bertz CT molecular complexity index is 1940. The lowest BCUT2D eigenvalue weighted by Gasteiger charge is -2.32. The Morgan fingerprint density at radius 2 is 0.780 bits per heavy atom. The Kier molecular flexibility index (Phi) is 5.36. The topological polar surface area (TPSA) is 6.48 Å². The molecular formula is C39H30N2. The molecule has 0 spiro atoms. The molecule has 0 saturated carbocycles. The van der Waals surface area contributed by atoms with Crippen molar-refractivity contribution in [2.45, 2.75) is 20.0 Å². The van der Waals surface area contributed by atoms with Crippen molar-refractivity contribution >= 4 is 22.7 Å². The van der Waals surface area contributed by atoms with E-state index >= 15 is 0 Å².